The van der Waals surface area contributed by atoms with Gasteiger partial charge in [0, 0.05) is 17.5 Å². The van der Waals surface area contributed by atoms with Crippen LogP contribution >= 0.6 is 21.7 Å². The predicted molar refractivity (Wildman–Crippen MR) is 106 cm³/mol. The molecule has 0 saturated heterocycles. The Morgan fingerprint density at radius 2 is 1.92 bits per heavy atom. The molecular formula is C20H23ClFNS. The summed E-state index contributed by atoms with van der Waals surface area (Å²) in [6.45, 7) is 10.8. The maximum atomic E-state index is 13.4. The van der Waals surface area contributed by atoms with E-state index in [1.807, 2.05) is 0 Å². The minimum absolute atomic E-state index is 0.181. The molecule has 128 valence electrons. The molecule has 2 aromatic carbocycles. The Kier molecular flexibility index (Phi) is 6.76. The van der Waals surface area contributed by atoms with Gasteiger partial charge in [0.2, 0.25) is 0 Å². The van der Waals surface area contributed by atoms with Crippen molar-refractivity contribution in [1.29, 1.82) is 0 Å². The molecule has 0 radical (unpaired) electrons. The van der Waals surface area contributed by atoms with E-state index in [9.17, 15) is 4.39 Å². The molecule has 0 saturated carbocycles. The minimum Gasteiger partial charge on any atom is -0.380 e. The van der Waals surface area contributed by atoms with Crippen molar-refractivity contribution >= 4 is 33.4 Å². The third kappa shape index (κ3) is 4.34. The van der Waals surface area contributed by atoms with Crippen LogP contribution < -0.4 is 5.32 Å². The second-order valence-electron chi connectivity index (χ2n) is 6.10. The summed E-state index contributed by atoms with van der Waals surface area (Å²) in [4.78, 5) is 0. The number of benzene rings is 2. The molecular weight excluding hydrogens is 341 g/mol. The Morgan fingerprint density at radius 3 is 2.54 bits per heavy atom. The number of anilines is 1. The van der Waals surface area contributed by atoms with Crippen molar-refractivity contribution in [3.63, 3.8) is 0 Å². The van der Waals surface area contributed by atoms with E-state index in [0.717, 1.165) is 16.8 Å². The SMILES string of the molecule is C=Cc1cc(F)ccc1CNc1c(C(C)C)cccc1C(C)SCl. The molecule has 0 spiro atoms. The zero-order valence-corrected chi connectivity index (χ0v) is 15.8. The lowest BCUT2D eigenvalue weighted by atomic mass is 9.96. The van der Waals surface area contributed by atoms with Crippen LogP contribution in [0.25, 0.3) is 6.08 Å². The molecule has 1 unspecified atom stereocenters. The highest BCUT2D eigenvalue weighted by molar-refractivity contribution is 8.21. The van der Waals surface area contributed by atoms with Crippen molar-refractivity contribution in [1.82, 2.24) is 0 Å². The van der Waals surface area contributed by atoms with Gasteiger partial charge in [-0.1, -0.05) is 50.8 Å². The van der Waals surface area contributed by atoms with Crippen LogP contribution in [0.5, 0.6) is 0 Å². The number of hydrogen-bond acceptors (Lipinski definition) is 2. The van der Waals surface area contributed by atoms with Gasteiger partial charge < -0.3 is 5.32 Å². The zero-order valence-electron chi connectivity index (χ0n) is 14.3. The number of para-hydroxylation sites is 1. The molecule has 0 aromatic heterocycles. The summed E-state index contributed by atoms with van der Waals surface area (Å²) in [5.41, 5.74) is 5.39. The Balaban J connectivity index is 2.36. The molecule has 2 rings (SSSR count). The smallest absolute Gasteiger partial charge is 0.123 e. The summed E-state index contributed by atoms with van der Waals surface area (Å²) >= 11 is 0. The second-order valence-corrected chi connectivity index (χ2v) is 7.52. The third-order valence-electron chi connectivity index (χ3n) is 4.11. The monoisotopic (exact) mass is 363 g/mol. The Hall–Kier alpha value is -1.45. The maximum Gasteiger partial charge on any atom is 0.123 e. The van der Waals surface area contributed by atoms with Crippen molar-refractivity contribution in [2.45, 2.75) is 38.5 Å². The van der Waals surface area contributed by atoms with E-state index >= 15 is 0 Å². The van der Waals surface area contributed by atoms with Crippen LogP contribution in [0.4, 0.5) is 10.1 Å². The number of rotatable bonds is 7. The maximum absolute atomic E-state index is 13.4. The highest BCUT2D eigenvalue weighted by Gasteiger charge is 2.16. The van der Waals surface area contributed by atoms with E-state index in [2.05, 4.69) is 50.9 Å². The van der Waals surface area contributed by atoms with Gasteiger partial charge in [0.25, 0.3) is 0 Å². The molecule has 0 bridgehead atoms. The second kappa shape index (κ2) is 8.59. The van der Waals surface area contributed by atoms with Crippen LogP contribution in [0.2, 0.25) is 0 Å². The molecule has 0 aliphatic carbocycles. The Bertz CT molecular complexity index is 715. The van der Waals surface area contributed by atoms with E-state index in [-0.39, 0.29) is 11.1 Å². The van der Waals surface area contributed by atoms with E-state index in [0.29, 0.717) is 12.5 Å². The molecule has 1 N–H and O–H groups in total. The first kappa shape index (κ1) is 18.9. The Morgan fingerprint density at radius 1 is 1.21 bits per heavy atom. The molecule has 0 aliphatic rings. The van der Waals surface area contributed by atoms with Crippen LogP contribution in [0.15, 0.2) is 43.0 Å². The van der Waals surface area contributed by atoms with Crippen molar-refractivity contribution in [2.75, 3.05) is 5.32 Å². The van der Waals surface area contributed by atoms with Gasteiger partial charge in [-0.05, 0) is 68.9 Å². The van der Waals surface area contributed by atoms with Crippen LogP contribution in [0.1, 0.15) is 54.2 Å². The van der Waals surface area contributed by atoms with Crippen LogP contribution in [0.3, 0.4) is 0 Å². The zero-order chi connectivity index (χ0) is 17.7. The fraction of sp³-hybridized carbons (Fsp3) is 0.300. The molecule has 0 aliphatic heterocycles. The summed E-state index contributed by atoms with van der Waals surface area (Å²) in [5, 5.41) is 3.73. The first-order valence-electron chi connectivity index (χ1n) is 8.02. The molecule has 1 atom stereocenters. The van der Waals surface area contributed by atoms with Crippen molar-refractivity contribution < 1.29 is 4.39 Å². The number of hydrogen-bond donors (Lipinski definition) is 1. The molecule has 0 heterocycles. The highest BCUT2D eigenvalue weighted by atomic mass is 35.7. The Labute approximate surface area is 152 Å². The van der Waals surface area contributed by atoms with Gasteiger partial charge in [0.05, 0.1) is 0 Å². The fourth-order valence-electron chi connectivity index (χ4n) is 2.76. The van der Waals surface area contributed by atoms with Crippen molar-refractivity contribution in [3.8, 4) is 0 Å². The van der Waals surface area contributed by atoms with E-state index < -0.39 is 0 Å². The van der Waals surface area contributed by atoms with E-state index in [4.69, 9.17) is 10.7 Å². The van der Waals surface area contributed by atoms with Gasteiger partial charge in [-0.15, -0.1) is 0 Å². The van der Waals surface area contributed by atoms with Crippen LogP contribution in [-0.4, -0.2) is 0 Å². The lowest BCUT2D eigenvalue weighted by Gasteiger charge is -2.21. The van der Waals surface area contributed by atoms with Crippen molar-refractivity contribution in [2.24, 2.45) is 0 Å². The van der Waals surface area contributed by atoms with E-state index in [1.54, 1.807) is 12.1 Å². The minimum atomic E-state index is -0.246. The van der Waals surface area contributed by atoms with Crippen molar-refractivity contribution in [3.05, 3.63) is 71.0 Å². The van der Waals surface area contributed by atoms with Crippen LogP contribution in [0, 0.1) is 5.82 Å². The van der Waals surface area contributed by atoms with Crippen LogP contribution in [-0.2, 0) is 6.54 Å². The highest BCUT2D eigenvalue weighted by Crippen LogP contribution is 2.39. The van der Waals surface area contributed by atoms with E-state index in [1.165, 1.54) is 34.2 Å². The number of nitrogens with one attached hydrogen (secondary N) is 1. The topological polar surface area (TPSA) is 12.0 Å². The number of halogens is 2. The van der Waals surface area contributed by atoms with Gasteiger partial charge in [0.15, 0.2) is 0 Å². The normalized spacial score (nSPS) is 12.2. The summed E-state index contributed by atoms with van der Waals surface area (Å²) < 4.78 is 13.4. The van der Waals surface area contributed by atoms with Gasteiger partial charge in [-0.25, -0.2) is 4.39 Å². The standard InChI is InChI=1S/C20H23ClFNS/c1-5-15-11-17(22)10-9-16(15)12-23-20-18(13(2)3)7-6-8-19(20)14(4)24-21/h5-11,13-14,23H,1,12H2,2-4H3. The summed E-state index contributed by atoms with van der Waals surface area (Å²) in [7, 11) is 7.32. The summed E-state index contributed by atoms with van der Waals surface area (Å²) in [6, 6.07) is 11.1. The lowest BCUT2D eigenvalue weighted by molar-refractivity contribution is 0.626. The van der Waals surface area contributed by atoms with Gasteiger partial charge in [-0.2, -0.15) is 0 Å². The molecule has 0 amide bonds. The largest absolute Gasteiger partial charge is 0.380 e. The molecule has 24 heavy (non-hydrogen) atoms. The third-order valence-corrected chi connectivity index (χ3v) is 5.43. The average molecular weight is 364 g/mol. The summed E-state index contributed by atoms with van der Waals surface area (Å²) in [6.07, 6.45) is 1.69. The predicted octanol–water partition coefficient (Wildman–Crippen LogP) is 7.15. The first-order valence-corrected chi connectivity index (χ1v) is 9.73. The van der Waals surface area contributed by atoms with Gasteiger partial charge in [-0.3, -0.25) is 0 Å². The average Bonchev–Trinajstić information content (AvgIpc) is 2.59. The lowest BCUT2D eigenvalue weighted by Crippen LogP contribution is -2.08. The van der Waals surface area contributed by atoms with Gasteiger partial charge in [0.1, 0.15) is 5.82 Å². The fourth-order valence-corrected chi connectivity index (χ4v) is 3.34. The summed E-state index contributed by atoms with van der Waals surface area (Å²) in [5.74, 6) is 0.149. The first-order chi connectivity index (χ1) is 11.5. The quantitative estimate of drug-likeness (QED) is 0.560. The van der Waals surface area contributed by atoms with Gasteiger partial charge >= 0.3 is 0 Å². The molecule has 2 aromatic rings. The molecule has 1 nitrogen and oxygen atoms in total. The molecule has 4 heteroatoms. The molecule has 0 fully saturated rings.